The lowest BCUT2D eigenvalue weighted by Crippen LogP contribution is -2.57. The molecule has 3 nitrogen and oxygen atoms in total. The first-order chi connectivity index (χ1) is 13.8. The van der Waals surface area contributed by atoms with Gasteiger partial charge in [-0.15, -0.1) is 6.42 Å². The zero-order valence-electron chi connectivity index (χ0n) is 17.7. The van der Waals surface area contributed by atoms with Crippen molar-refractivity contribution in [3.05, 3.63) is 47.5 Å². The summed E-state index contributed by atoms with van der Waals surface area (Å²) < 4.78 is 0. The minimum Gasteiger partial charge on any atom is -0.342 e. The predicted octanol–water partition coefficient (Wildman–Crippen LogP) is 3.89. The van der Waals surface area contributed by atoms with Crippen molar-refractivity contribution in [2.24, 2.45) is 28.4 Å². The van der Waals surface area contributed by atoms with Crippen LogP contribution < -0.4 is 5.73 Å². The summed E-state index contributed by atoms with van der Waals surface area (Å²) in [5.41, 5.74) is 8.94. The van der Waals surface area contributed by atoms with Crippen LogP contribution in [0, 0.1) is 35.0 Å². The summed E-state index contributed by atoms with van der Waals surface area (Å²) in [4.78, 5) is 16.2. The van der Waals surface area contributed by atoms with Gasteiger partial charge in [0.25, 0.3) is 0 Å². The topological polar surface area (TPSA) is 46.3 Å². The van der Waals surface area contributed by atoms with Crippen LogP contribution in [0.5, 0.6) is 0 Å². The van der Waals surface area contributed by atoms with Gasteiger partial charge in [-0.2, -0.15) is 0 Å². The number of hydrogen-bond acceptors (Lipinski definition) is 2. The summed E-state index contributed by atoms with van der Waals surface area (Å²) in [5, 5.41) is 0. The Morgan fingerprint density at radius 2 is 2.00 bits per heavy atom. The molecule has 152 valence electrons. The molecule has 1 aliphatic heterocycles. The molecule has 1 amide bonds. The number of benzene rings is 1. The van der Waals surface area contributed by atoms with Gasteiger partial charge in [0, 0.05) is 19.1 Å². The molecule has 6 rings (SSSR count). The van der Waals surface area contributed by atoms with E-state index < -0.39 is 0 Å². The summed E-state index contributed by atoms with van der Waals surface area (Å²) in [6.07, 6.45) is 12.7. The second-order valence-electron chi connectivity index (χ2n) is 10.8. The van der Waals surface area contributed by atoms with Gasteiger partial charge >= 0.3 is 0 Å². The van der Waals surface area contributed by atoms with Crippen molar-refractivity contribution in [2.75, 3.05) is 13.1 Å². The summed E-state index contributed by atoms with van der Waals surface area (Å²) in [5.74, 6) is 3.89. The molecule has 29 heavy (non-hydrogen) atoms. The summed E-state index contributed by atoms with van der Waals surface area (Å²) in [6, 6.07) is 11.0. The number of carbonyl (C=O) groups is 1. The molecule has 1 heterocycles. The summed E-state index contributed by atoms with van der Waals surface area (Å²) in [6.45, 7) is 5.94. The Balaban J connectivity index is 1.53. The zero-order chi connectivity index (χ0) is 20.4. The van der Waals surface area contributed by atoms with E-state index >= 15 is 0 Å². The third kappa shape index (κ3) is 2.58. The van der Waals surface area contributed by atoms with Crippen molar-refractivity contribution in [2.45, 2.75) is 57.4 Å². The first-order valence-corrected chi connectivity index (χ1v) is 11.1. The highest BCUT2D eigenvalue weighted by Gasteiger charge is 2.69. The van der Waals surface area contributed by atoms with Gasteiger partial charge < -0.3 is 10.6 Å². The molecular weight excluding hydrogens is 356 g/mol. The fourth-order valence-corrected chi connectivity index (χ4v) is 7.31. The van der Waals surface area contributed by atoms with Gasteiger partial charge in [-0.1, -0.05) is 55.7 Å². The second kappa shape index (κ2) is 6.22. The smallest absolute Gasteiger partial charge is 0.229 e. The molecule has 4 bridgehead atoms. The molecule has 1 aromatic rings. The highest BCUT2D eigenvalue weighted by Crippen LogP contribution is 2.73. The van der Waals surface area contributed by atoms with Crippen molar-refractivity contribution < 1.29 is 4.79 Å². The maximum absolute atomic E-state index is 14.1. The van der Waals surface area contributed by atoms with Crippen LogP contribution in [0.2, 0.25) is 0 Å². The largest absolute Gasteiger partial charge is 0.342 e. The SMILES string of the molecule is C#C/C=C1/C2CC3(c4ccccc4)CC1C(C(=O)N1CC[C@H](N)C(C)(C)C1)(C2)C3. The first-order valence-electron chi connectivity index (χ1n) is 11.1. The van der Waals surface area contributed by atoms with E-state index in [9.17, 15) is 4.79 Å². The van der Waals surface area contributed by atoms with Crippen LogP contribution in [0.1, 0.15) is 51.5 Å². The molecule has 5 fully saturated rings. The first kappa shape index (κ1) is 18.9. The maximum atomic E-state index is 14.1. The number of likely N-dealkylation sites (tertiary alicyclic amines) is 1. The standard InChI is InChI=1S/C26H32N2O/c1-4-8-20-18-13-25(19-9-6-5-7-10-19)15-21(20)26(14-18,16-25)23(29)28-12-11-22(27)24(2,3)17-28/h1,5-10,18,21-22H,11-17,27H2,2-3H3/b20-8-/t18?,21?,22-,25?,26?/m0/s1. The number of piperidine rings is 1. The zero-order valence-corrected chi connectivity index (χ0v) is 17.7. The van der Waals surface area contributed by atoms with Crippen molar-refractivity contribution >= 4 is 5.91 Å². The molecule has 0 radical (unpaired) electrons. The van der Waals surface area contributed by atoms with E-state index in [4.69, 9.17) is 12.2 Å². The molecule has 1 aromatic carbocycles. The van der Waals surface area contributed by atoms with Crippen LogP contribution in [0.4, 0.5) is 0 Å². The lowest BCUT2D eigenvalue weighted by Gasteiger charge is -2.47. The van der Waals surface area contributed by atoms with E-state index in [1.54, 1.807) is 0 Å². The fraction of sp³-hybridized carbons (Fsp3) is 0.577. The number of allylic oxidation sites excluding steroid dienone is 2. The van der Waals surface area contributed by atoms with Gasteiger partial charge in [-0.05, 0) is 66.4 Å². The molecule has 4 unspecified atom stereocenters. The van der Waals surface area contributed by atoms with E-state index in [1.807, 2.05) is 6.08 Å². The second-order valence-corrected chi connectivity index (χ2v) is 10.8. The summed E-state index contributed by atoms with van der Waals surface area (Å²) in [7, 11) is 0. The molecule has 2 N–H and O–H groups in total. The van der Waals surface area contributed by atoms with E-state index in [1.165, 1.54) is 11.1 Å². The molecule has 4 saturated carbocycles. The van der Waals surface area contributed by atoms with Crippen LogP contribution >= 0.6 is 0 Å². The monoisotopic (exact) mass is 388 g/mol. The Kier molecular flexibility index (Phi) is 4.07. The Bertz CT molecular complexity index is 910. The number of amides is 1. The number of nitrogens with two attached hydrogens (primary N) is 1. The molecule has 4 aliphatic carbocycles. The minimum atomic E-state index is -0.279. The number of nitrogens with zero attached hydrogens (tertiary/aromatic N) is 1. The van der Waals surface area contributed by atoms with Crippen molar-refractivity contribution in [1.29, 1.82) is 0 Å². The van der Waals surface area contributed by atoms with E-state index in [0.29, 0.717) is 17.7 Å². The van der Waals surface area contributed by atoms with Gasteiger partial charge in [0.05, 0.1) is 5.41 Å². The van der Waals surface area contributed by atoms with Crippen LogP contribution in [0.25, 0.3) is 0 Å². The highest BCUT2D eigenvalue weighted by atomic mass is 16.2. The molecule has 3 heteroatoms. The lowest BCUT2D eigenvalue weighted by molar-refractivity contribution is -0.147. The number of carbonyl (C=O) groups excluding carboxylic acids is 1. The molecule has 5 aliphatic rings. The normalized spacial score (nSPS) is 41.0. The maximum Gasteiger partial charge on any atom is 0.229 e. The Morgan fingerprint density at radius 1 is 1.24 bits per heavy atom. The minimum absolute atomic E-state index is 0.0330. The molecule has 0 aromatic heterocycles. The van der Waals surface area contributed by atoms with Crippen LogP contribution in [0.3, 0.4) is 0 Å². The van der Waals surface area contributed by atoms with Gasteiger partial charge in [0.2, 0.25) is 5.91 Å². The van der Waals surface area contributed by atoms with Gasteiger partial charge in [-0.25, -0.2) is 0 Å². The van der Waals surface area contributed by atoms with Crippen LogP contribution in [-0.4, -0.2) is 29.9 Å². The third-order valence-corrected chi connectivity index (χ3v) is 8.70. The quantitative estimate of drug-likeness (QED) is 0.782. The molecule has 0 spiro atoms. The fourth-order valence-electron chi connectivity index (χ4n) is 7.31. The number of rotatable bonds is 2. The van der Waals surface area contributed by atoms with Gasteiger partial charge in [0.15, 0.2) is 0 Å². The number of hydrogen-bond donors (Lipinski definition) is 1. The van der Waals surface area contributed by atoms with Crippen molar-refractivity contribution in [3.8, 4) is 12.3 Å². The molecule has 1 saturated heterocycles. The average molecular weight is 389 g/mol. The van der Waals surface area contributed by atoms with E-state index in [2.05, 4.69) is 55.0 Å². The van der Waals surface area contributed by atoms with Gasteiger partial charge in [0.1, 0.15) is 0 Å². The molecule has 5 atom stereocenters. The third-order valence-electron chi connectivity index (χ3n) is 8.70. The molecular formula is C26H32N2O. The lowest BCUT2D eigenvalue weighted by atomic mass is 9.62. The Hall–Kier alpha value is -2.05. The van der Waals surface area contributed by atoms with E-state index in [-0.39, 0.29) is 22.3 Å². The van der Waals surface area contributed by atoms with Crippen molar-refractivity contribution in [3.63, 3.8) is 0 Å². The Morgan fingerprint density at radius 3 is 2.69 bits per heavy atom. The highest BCUT2D eigenvalue weighted by molar-refractivity contribution is 5.86. The van der Waals surface area contributed by atoms with Crippen LogP contribution in [0.15, 0.2) is 42.0 Å². The van der Waals surface area contributed by atoms with E-state index in [0.717, 1.165) is 45.2 Å². The Labute approximate surface area is 174 Å². The summed E-state index contributed by atoms with van der Waals surface area (Å²) >= 11 is 0. The average Bonchev–Trinajstić information content (AvgIpc) is 3.08. The van der Waals surface area contributed by atoms with Crippen molar-refractivity contribution in [1.82, 2.24) is 4.90 Å². The van der Waals surface area contributed by atoms with Gasteiger partial charge in [-0.3, -0.25) is 4.79 Å². The predicted molar refractivity (Wildman–Crippen MR) is 116 cm³/mol. The van der Waals surface area contributed by atoms with Crippen LogP contribution in [-0.2, 0) is 10.2 Å². The number of terminal acetylenes is 1.